The summed E-state index contributed by atoms with van der Waals surface area (Å²) in [4.78, 5) is 4.66. The number of para-hydroxylation sites is 3. The minimum Gasteiger partial charge on any atom is -0.311 e. The Bertz CT molecular complexity index is 2510. The van der Waals surface area contributed by atoms with Gasteiger partial charge in [-0.25, -0.2) is 0 Å². The molecule has 0 saturated heterocycles. The highest BCUT2D eigenvalue weighted by molar-refractivity contribution is 7.26. The van der Waals surface area contributed by atoms with E-state index >= 15 is 0 Å². The number of nitrogens with zero attached hydrogens (tertiary/aromatic N) is 2. The fourth-order valence-electron chi connectivity index (χ4n) is 7.00. The predicted octanol–water partition coefficient (Wildman–Crippen LogP) is 14.3. The smallest absolute Gasteiger partial charge is 0.0468 e. The summed E-state index contributed by atoms with van der Waals surface area (Å²) in [6.45, 7) is 0. The van der Waals surface area contributed by atoms with Gasteiger partial charge in [-0.3, -0.25) is 0 Å². The lowest BCUT2D eigenvalue weighted by atomic mass is 10.0. The molecule has 0 radical (unpaired) electrons. The van der Waals surface area contributed by atoms with Crippen LogP contribution in [0.4, 0.5) is 34.1 Å². The SMILES string of the molecule is c1ccc(-c2ccc(N(c3ccccc3)c3ccc(-c4cccc5c4sc4ccc(N(c6ccccc6)c6ccccc6)cc45)cc3)cc2)cc1. The third-order valence-electron chi connectivity index (χ3n) is 9.45. The summed E-state index contributed by atoms with van der Waals surface area (Å²) >= 11 is 1.87. The standard InChI is InChI=1S/C48H34N2S/c1-5-14-35(15-6-1)36-24-28-41(29-25-36)49(38-16-7-2-8-17-38)42-30-26-37(27-31-42)44-22-13-23-45-46-34-43(32-33-47(46)51-48(44)45)50(39-18-9-3-10-19-39)40-20-11-4-12-21-40/h1-34H. The monoisotopic (exact) mass is 670 g/mol. The van der Waals surface area contributed by atoms with Gasteiger partial charge in [0.05, 0.1) is 0 Å². The molecular formula is C48H34N2S. The summed E-state index contributed by atoms with van der Waals surface area (Å²) in [6.07, 6.45) is 0. The molecule has 0 spiro atoms. The summed E-state index contributed by atoms with van der Waals surface area (Å²) in [5, 5.41) is 2.56. The van der Waals surface area contributed by atoms with E-state index in [1.54, 1.807) is 0 Å². The molecule has 0 unspecified atom stereocenters. The minimum atomic E-state index is 1.12. The molecule has 9 aromatic rings. The van der Waals surface area contributed by atoms with Crippen LogP contribution in [0.15, 0.2) is 206 Å². The molecule has 0 atom stereocenters. The molecule has 1 heterocycles. The average Bonchev–Trinajstić information content (AvgIpc) is 3.59. The van der Waals surface area contributed by atoms with Crippen LogP contribution in [-0.2, 0) is 0 Å². The number of fused-ring (bicyclic) bond motifs is 3. The molecule has 0 aliphatic heterocycles. The van der Waals surface area contributed by atoms with E-state index in [4.69, 9.17) is 0 Å². The zero-order valence-electron chi connectivity index (χ0n) is 27.9. The van der Waals surface area contributed by atoms with Gasteiger partial charge in [-0.05, 0) is 101 Å². The Morgan fingerprint density at radius 3 is 1.27 bits per heavy atom. The first-order valence-electron chi connectivity index (χ1n) is 17.3. The number of benzene rings is 8. The van der Waals surface area contributed by atoms with Crippen molar-refractivity contribution in [2.45, 2.75) is 0 Å². The van der Waals surface area contributed by atoms with Crippen LogP contribution in [0.25, 0.3) is 42.4 Å². The highest BCUT2D eigenvalue weighted by Crippen LogP contribution is 2.44. The fourth-order valence-corrected chi connectivity index (χ4v) is 8.22. The lowest BCUT2D eigenvalue weighted by Crippen LogP contribution is -2.09. The van der Waals surface area contributed by atoms with Crippen molar-refractivity contribution >= 4 is 65.6 Å². The first-order valence-corrected chi connectivity index (χ1v) is 18.1. The van der Waals surface area contributed by atoms with Gasteiger partial charge in [-0.15, -0.1) is 11.3 Å². The second kappa shape index (κ2) is 13.5. The molecule has 1 aromatic heterocycles. The molecule has 51 heavy (non-hydrogen) atoms. The molecule has 3 heteroatoms. The molecule has 9 rings (SSSR count). The lowest BCUT2D eigenvalue weighted by Gasteiger charge is -2.26. The van der Waals surface area contributed by atoms with Crippen LogP contribution in [-0.4, -0.2) is 0 Å². The van der Waals surface area contributed by atoms with Crippen molar-refractivity contribution in [1.82, 2.24) is 0 Å². The Morgan fingerprint density at radius 2 is 0.725 bits per heavy atom. The highest BCUT2D eigenvalue weighted by Gasteiger charge is 2.17. The van der Waals surface area contributed by atoms with Crippen molar-refractivity contribution in [3.63, 3.8) is 0 Å². The van der Waals surface area contributed by atoms with Crippen LogP contribution < -0.4 is 9.80 Å². The van der Waals surface area contributed by atoms with Gasteiger partial charge in [-0.2, -0.15) is 0 Å². The van der Waals surface area contributed by atoms with Crippen LogP contribution in [0.3, 0.4) is 0 Å². The summed E-state index contributed by atoms with van der Waals surface area (Å²) in [5.74, 6) is 0. The summed E-state index contributed by atoms with van der Waals surface area (Å²) in [6, 6.07) is 73.8. The van der Waals surface area contributed by atoms with Gasteiger partial charge in [0.25, 0.3) is 0 Å². The van der Waals surface area contributed by atoms with Crippen molar-refractivity contribution in [3.8, 4) is 22.3 Å². The van der Waals surface area contributed by atoms with Crippen LogP contribution in [0.1, 0.15) is 0 Å². The number of hydrogen-bond acceptors (Lipinski definition) is 3. The number of thiophene rings is 1. The maximum absolute atomic E-state index is 2.35. The summed E-state index contributed by atoms with van der Waals surface area (Å²) in [5.41, 5.74) is 11.7. The Kier molecular flexibility index (Phi) is 8.09. The van der Waals surface area contributed by atoms with Crippen molar-refractivity contribution in [2.75, 3.05) is 9.80 Å². The third kappa shape index (κ3) is 5.94. The van der Waals surface area contributed by atoms with Gasteiger partial charge in [0, 0.05) is 54.3 Å². The van der Waals surface area contributed by atoms with Crippen LogP contribution >= 0.6 is 11.3 Å². The van der Waals surface area contributed by atoms with Gasteiger partial charge in [0.15, 0.2) is 0 Å². The van der Waals surface area contributed by atoms with E-state index in [1.807, 2.05) is 11.3 Å². The Morgan fingerprint density at radius 1 is 0.294 bits per heavy atom. The molecule has 0 bridgehead atoms. The molecule has 0 aliphatic rings. The van der Waals surface area contributed by atoms with Crippen molar-refractivity contribution < 1.29 is 0 Å². The predicted molar refractivity (Wildman–Crippen MR) is 220 cm³/mol. The zero-order valence-corrected chi connectivity index (χ0v) is 28.7. The van der Waals surface area contributed by atoms with Crippen molar-refractivity contribution in [3.05, 3.63) is 206 Å². The van der Waals surface area contributed by atoms with Crippen molar-refractivity contribution in [1.29, 1.82) is 0 Å². The van der Waals surface area contributed by atoms with Crippen LogP contribution in [0.2, 0.25) is 0 Å². The normalized spacial score (nSPS) is 11.1. The van der Waals surface area contributed by atoms with Gasteiger partial charge in [0.1, 0.15) is 0 Å². The molecule has 242 valence electrons. The second-order valence-electron chi connectivity index (χ2n) is 12.6. The minimum absolute atomic E-state index is 1.12. The van der Waals surface area contributed by atoms with E-state index in [2.05, 4.69) is 216 Å². The van der Waals surface area contributed by atoms with E-state index < -0.39 is 0 Å². The molecule has 2 nitrogen and oxygen atoms in total. The summed E-state index contributed by atoms with van der Waals surface area (Å²) < 4.78 is 2.59. The van der Waals surface area contributed by atoms with Gasteiger partial charge < -0.3 is 9.80 Å². The van der Waals surface area contributed by atoms with E-state index in [1.165, 1.54) is 42.4 Å². The number of anilines is 6. The third-order valence-corrected chi connectivity index (χ3v) is 10.7. The van der Waals surface area contributed by atoms with Crippen LogP contribution in [0, 0.1) is 0 Å². The molecular weight excluding hydrogens is 637 g/mol. The molecule has 0 saturated carbocycles. The highest BCUT2D eigenvalue weighted by atomic mass is 32.1. The maximum atomic E-state index is 2.35. The largest absolute Gasteiger partial charge is 0.311 e. The fraction of sp³-hybridized carbons (Fsp3) is 0. The zero-order chi connectivity index (χ0) is 34.0. The molecule has 0 fully saturated rings. The average molecular weight is 671 g/mol. The number of hydrogen-bond donors (Lipinski definition) is 0. The Labute approximate surface area is 302 Å². The lowest BCUT2D eigenvalue weighted by molar-refractivity contribution is 1.28. The molecule has 0 aliphatic carbocycles. The van der Waals surface area contributed by atoms with E-state index in [9.17, 15) is 0 Å². The van der Waals surface area contributed by atoms with E-state index in [0.29, 0.717) is 0 Å². The first kappa shape index (κ1) is 30.6. The molecule has 8 aromatic carbocycles. The van der Waals surface area contributed by atoms with Gasteiger partial charge in [0.2, 0.25) is 0 Å². The van der Waals surface area contributed by atoms with E-state index in [-0.39, 0.29) is 0 Å². The Hall–Kier alpha value is -6.42. The molecule has 0 amide bonds. The second-order valence-corrected chi connectivity index (χ2v) is 13.7. The van der Waals surface area contributed by atoms with Gasteiger partial charge >= 0.3 is 0 Å². The first-order chi connectivity index (χ1) is 25.3. The number of rotatable bonds is 8. The van der Waals surface area contributed by atoms with E-state index in [0.717, 1.165) is 34.1 Å². The van der Waals surface area contributed by atoms with Gasteiger partial charge in [-0.1, -0.05) is 127 Å². The van der Waals surface area contributed by atoms with Crippen LogP contribution in [0.5, 0.6) is 0 Å². The maximum Gasteiger partial charge on any atom is 0.0468 e. The van der Waals surface area contributed by atoms with Crippen molar-refractivity contribution in [2.24, 2.45) is 0 Å². The molecule has 0 N–H and O–H groups in total. The quantitative estimate of drug-likeness (QED) is 0.159. The Balaban J connectivity index is 1.09. The summed E-state index contributed by atoms with van der Waals surface area (Å²) in [7, 11) is 0. The topological polar surface area (TPSA) is 6.48 Å².